The van der Waals surface area contributed by atoms with Crippen LogP contribution in [0.15, 0.2) is 52.7 Å². The number of thiophene rings is 1. The van der Waals surface area contributed by atoms with Crippen LogP contribution in [0.1, 0.15) is 22.0 Å². The lowest BCUT2D eigenvalue weighted by molar-refractivity contribution is 0.0941. The first-order valence-electron chi connectivity index (χ1n) is 7.10. The van der Waals surface area contributed by atoms with E-state index in [0.717, 1.165) is 0 Å². The molecule has 0 aliphatic carbocycles. The van der Waals surface area contributed by atoms with Gasteiger partial charge in [0.25, 0.3) is 5.91 Å². The Labute approximate surface area is 133 Å². The van der Waals surface area contributed by atoms with Gasteiger partial charge in [-0.2, -0.15) is 0 Å². The van der Waals surface area contributed by atoms with E-state index >= 15 is 0 Å². The van der Waals surface area contributed by atoms with Crippen LogP contribution in [0.2, 0.25) is 0 Å². The molecule has 0 bridgehead atoms. The second-order valence-corrected chi connectivity index (χ2v) is 6.30. The highest BCUT2D eigenvalue weighted by molar-refractivity contribution is 7.17. The summed E-state index contributed by atoms with van der Waals surface area (Å²) in [6, 6.07) is 10.2. The van der Waals surface area contributed by atoms with Crippen molar-refractivity contribution < 1.29 is 9.21 Å². The molecule has 3 aromatic rings. The zero-order valence-electron chi connectivity index (χ0n) is 12.6. The number of hydrogen-bond acceptors (Lipinski definition) is 4. The van der Waals surface area contributed by atoms with Gasteiger partial charge in [-0.3, -0.25) is 4.79 Å². The molecule has 0 radical (unpaired) electrons. The monoisotopic (exact) mass is 314 g/mol. The predicted octanol–water partition coefficient (Wildman–Crippen LogP) is 3.53. The van der Waals surface area contributed by atoms with Crippen molar-refractivity contribution in [3.05, 3.63) is 59.4 Å². The highest BCUT2D eigenvalue weighted by atomic mass is 32.1. The molecular formula is C17H18N2O2S. The molecule has 0 fully saturated rings. The summed E-state index contributed by atoms with van der Waals surface area (Å²) in [4.78, 5) is 14.2. The average molecular weight is 314 g/mol. The first-order chi connectivity index (χ1) is 10.7. The van der Waals surface area contributed by atoms with E-state index in [1.165, 1.54) is 28.2 Å². The van der Waals surface area contributed by atoms with Crippen molar-refractivity contribution in [2.24, 2.45) is 0 Å². The van der Waals surface area contributed by atoms with Crippen molar-refractivity contribution in [3.63, 3.8) is 0 Å². The third-order valence-electron chi connectivity index (χ3n) is 3.73. The Morgan fingerprint density at radius 2 is 2.14 bits per heavy atom. The highest BCUT2D eigenvalue weighted by Crippen LogP contribution is 2.31. The molecular weight excluding hydrogens is 296 g/mol. The largest absolute Gasteiger partial charge is 0.472 e. The van der Waals surface area contributed by atoms with Gasteiger partial charge in [-0.15, -0.1) is 11.3 Å². The maximum Gasteiger partial charge on any atom is 0.254 e. The molecule has 0 aliphatic heterocycles. The van der Waals surface area contributed by atoms with Gasteiger partial charge in [0.05, 0.1) is 17.9 Å². The van der Waals surface area contributed by atoms with Crippen molar-refractivity contribution in [1.82, 2.24) is 10.2 Å². The fourth-order valence-corrected chi connectivity index (χ4v) is 3.52. The molecule has 0 aliphatic rings. The number of carbonyl (C=O) groups is 1. The summed E-state index contributed by atoms with van der Waals surface area (Å²) in [6.07, 6.45) is 2.96. The topological polar surface area (TPSA) is 45.5 Å². The highest BCUT2D eigenvalue weighted by Gasteiger charge is 2.19. The number of nitrogens with one attached hydrogen (secondary N) is 1. The van der Waals surface area contributed by atoms with Gasteiger partial charge < -0.3 is 14.6 Å². The molecule has 114 valence electrons. The van der Waals surface area contributed by atoms with Crippen molar-refractivity contribution in [2.45, 2.75) is 6.04 Å². The molecule has 0 unspecified atom stereocenters. The molecule has 0 saturated carbocycles. The molecule has 22 heavy (non-hydrogen) atoms. The Morgan fingerprint density at radius 1 is 1.32 bits per heavy atom. The fraction of sp³-hybridized carbons (Fsp3) is 0.235. The summed E-state index contributed by atoms with van der Waals surface area (Å²) in [5.41, 5.74) is 1.80. The van der Waals surface area contributed by atoms with Crippen LogP contribution in [0.5, 0.6) is 0 Å². The number of likely N-dealkylation sites (N-methyl/N-ethyl adjacent to an activating group) is 1. The zero-order valence-corrected chi connectivity index (χ0v) is 13.4. The molecule has 1 N–H and O–H groups in total. The lowest BCUT2D eigenvalue weighted by Gasteiger charge is -2.24. The van der Waals surface area contributed by atoms with Gasteiger partial charge in [0.1, 0.15) is 6.26 Å². The van der Waals surface area contributed by atoms with E-state index in [1.807, 2.05) is 20.2 Å². The van der Waals surface area contributed by atoms with E-state index in [-0.39, 0.29) is 11.9 Å². The first kappa shape index (κ1) is 14.8. The van der Waals surface area contributed by atoms with E-state index in [2.05, 4.69) is 33.8 Å². The Morgan fingerprint density at radius 3 is 2.86 bits per heavy atom. The SMILES string of the molecule is CN(C)[C@H](CNC(=O)c1ccoc1)c1csc2ccccc12. The molecule has 2 heterocycles. The number of rotatable bonds is 5. The number of furan rings is 1. The number of nitrogens with zero attached hydrogens (tertiary/aromatic N) is 1. The minimum Gasteiger partial charge on any atom is -0.472 e. The van der Waals surface area contributed by atoms with Crippen LogP contribution >= 0.6 is 11.3 Å². The minimum absolute atomic E-state index is 0.111. The van der Waals surface area contributed by atoms with E-state index in [9.17, 15) is 4.79 Å². The van der Waals surface area contributed by atoms with Crippen LogP contribution in [-0.2, 0) is 0 Å². The maximum absolute atomic E-state index is 12.1. The Kier molecular flexibility index (Phi) is 4.27. The number of hydrogen-bond donors (Lipinski definition) is 1. The molecule has 1 amide bonds. The summed E-state index contributed by atoms with van der Waals surface area (Å²) >= 11 is 1.74. The van der Waals surface area contributed by atoms with Crippen molar-refractivity contribution in [1.29, 1.82) is 0 Å². The summed E-state index contributed by atoms with van der Waals surface area (Å²) < 4.78 is 6.22. The molecule has 0 spiro atoms. The van der Waals surface area contributed by atoms with Crippen LogP contribution in [0, 0.1) is 0 Å². The van der Waals surface area contributed by atoms with Gasteiger partial charge in [0.2, 0.25) is 0 Å². The second kappa shape index (κ2) is 6.34. The standard InChI is InChI=1S/C17H18N2O2S/c1-19(2)15(9-18-17(20)12-7-8-21-10-12)14-11-22-16-6-4-3-5-13(14)16/h3-8,10-11,15H,9H2,1-2H3,(H,18,20)/t15-/m1/s1. The van der Waals surface area contributed by atoms with Crippen LogP contribution in [0.3, 0.4) is 0 Å². The van der Waals surface area contributed by atoms with Gasteiger partial charge in [0.15, 0.2) is 0 Å². The van der Waals surface area contributed by atoms with Crippen LogP contribution in [0.25, 0.3) is 10.1 Å². The summed E-state index contributed by atoms with van der Waals surface area (Å²) in [6.45, 7) is 0.553. The average Bonchev–Trinajstić information content (AvgIpc) is 3.17. The maximum atomic E-state index is 12.1. The van der Waals surface area contributed by atoms with Gasteiger partial charge >= 0.3 is 0 Å². The lowest BCUT2D eigenvalue weighted by atomic mass is 10.0. The third kappa shape index (κ3) is 2.91. The number of carbonyl (C=O) groups excluding carboxylic acids is 1. The Hall–Kier alpha value is -2.11. The fourth-order valence-electron chi connectivity index (χ4n) is 2.51. The van der Waals surface area contributed by atoms with E-state index in [4.69, 9.17) is 4.42 Å². The van der Waals surface area contributed by atoms with Gasteiger partial charge in [-0.1, -0.05) is 18.2 Å². The Bertz CT molecular complexity index is 762. The second-order valence-electron chi connectivity index (χ2n) is 5.39. The molecule has 0 saturated heterocycles. The van der Waals surface area contributed by atoms with E-state index in [1.54, 1.807) is 17.4 Å². The molecule has 1 atom stereocenters. The van der Waals surface area contributed by atoms with Gasteiger partial charge in [-0.25, -0.2) is 0 Å². The summed E-state index contributed by atoms with van der Waals surface area (Å²) in [5, 5.41) is 6.42. The first-order valence-corrected chi connectivity index (χ1v) is 7.97. The van der Waals surface area contributed by atoms with Crippen molar-refractivity contribution in [2.75, 3.05) is 20.6 Å². The number of fused-ring (bicyclic) bond motifs is 1. The normalized spacial score (nSPS) is 12.7. The smallest absolute Gasteiger partial charge is 0.254 e. The van der Waals surface area contributed by atoms with Crippen LogP contribution < -0.4 is 5.32 Å². The quantitative estimate of drug-likeness (QED) is 0.783. The number of benzene rings is 1. The summed E-state index contributed by atoms with van der Waals surface area (Å²) in [7, 11) is 4.06. The molecule has 1 aromatic carbocycles. The van der Waals surface area contributed by atoms with E-state index in [0.29, 0.717) is 12.1 Å². The van der Waals surface area contributed by atoms with Crippen molar-refractivity contribution in [3.8, 4) is 0 Å². The lowest BCUT2D eigenvalue weighted by Crippen LogP contribution is -2.34. The van der Waals surface area contributed by atoms with Crippen LogP contribution in [0.4, 0.5) is 0 Å². The zero-order chi connectivity index (χ0) is 15.5. The Balaban J connectivity index is 1.80. The minimum atomic E-state index is -0.111. The molecule has 5 heteroatoms. The molecule has 4 nitrogen and oxygen atoms in total. The van der Waals surface area contributed by atoms with Crippen molar-refractivity contribution >= 4 is 27.3 Å². The van der Waals surface area contributed by atoms with Gasteiger partial charge in [0, 0.05) is 11.2 Å². The molecule has 3 rings (SSSR count). The summed E-state index contributed by atoms with van der Waals surface area (Å²) in [5.74, 6) is -0.111. The molecule has 2 aromatic heterocycles. The number of amides is 1. The third-order valence-corrected chi connectivity index (χ3v) is 4.71. The van der Waals surface area contributed by atoms with E-state index < -0.39 is 0 Å². The van der Waals surface area contributed by atoms with Gasteiger partial charge in [-0.05, 0) is 42.6 Å². The predicted molar refractivity (Wildman–Crippen MR) is 89.3 cm³/mol. The van der Waals surface area contributed by atoms with Crippen LogP contribution in [-0.4, -0.2) is 31.4 Å².